The molecular formula is C24H33N3O4S. The van der Waals surface area contributed by atoms with Gasteiger partial charge < -0.3 is 10.1 Å². The van der Waals surface area contributed by atoms with Crippen molar-refractivity contribution in [1.82, 2.24) is 5.32 Å². The van der Waals surface area contributed by atoms with E-state index in [1.807, 2.05) is 12.1 Å². The number of ether oxygens (including phenoxy) is 1. The summed E-state index contributed by atoms with van der Waals surface area (Å²) in [4.78, 5) is 14.3. The second-order valence-corrected chi connectivity index (χ2v) is 11.0. The average molecular weight is 460 g/mol. The standard InChI is InChI=1S/C24H33N3O4S/c1-24(2,3)21-16-20(27-14-6-13-25-23(27)28)15-18(22(21)31-4)10-7-17-8-11-19(12-9-17)26-32(5,29)30/h8-9,11-12,15-16,26H,6-7,10,13-14H2,1-5H3,(H,25,28). The summed E-state index contributed by atoms with van der Waals surface area (Å²) in [6.07, 6.45) is 3.53. The molecule has 3 rings (SSSR count). The molecule has 0 atom stereocenters. The predicted molar refractivity (Wildman–Crippen MR) is 129 cm³/mol. The highest BCUT2D eigenvalue weighted by Crippen LogP contribution is 2.38. The minimum Gasteiger partial charge on any atom is -0.496 e. The van der Waals surface area contributed by atoms with Crippen LogP contribution in [0.2, 0.25) is 0 Å². The minimum atomic E-state index is -3.30. The number of nitrogens with zero attached hydrogens (tertiary/aromatic N) is 1. The van der Waals surface area contributed by atoms with E-state index in [2.05, 4.69) is 42.9 Å². The molecule has 0 bridgehead atoms. The van der Waals surface area contributed by atoms with Gasteiger partial charge in [0.05, 0.1) is 13.4 Å². The third-order valence-electron chi connectivity index (χ3n) is 5.49. The van der Waals surface area contributed by atoms with Gasteiger partial charge in [-0.25, -0.2) is 13.2 Å². The molecule has 8 heteroatoms. The number of methoxy groups -OCH3 is 1. The van der Waals surface area contributed by atoms with Crippen molar-refractivity contribution in [1.29, 1.82) is 0 Å². The molecule has 0 aromatic heterocycles. The summed E-state index contributed by atoms with van der Waals surface area (Å²) in [5.74, 6) is 0.856. The summed E-state index contributed by atoms with van der Waals surface area (Å²) in [6.45, 7) is 7.82. The third-order valence-corrected chi connectivity index (χ3v) is 6.10. The van der Waals surface area contributed by atoms with Gasteiger partial charge in [0.15, 0.2) is 0 Å². The molecule has 0 radical (unpaired) electrons. The number of aryl methyl sites for hydroxylation is 2. The molecule has 1 saturated heterocycles. The number of carbonyl (C=O) groups is 1. The molecular weight excluding hydrogens is 426 g/mol. The number of nitrogens with one attached hydrogen (secondary N) is 2. The number of hydrogen-bond donors (Lipinski definition) is 2. The van der Waals surface area contributed by atoms with Crippen LogP contribution in [0.25, 0.3) is 0 Å². The first-order valence-electron chi connectivity index (χ1n) is 10.8. The Labute approximate surface area is 191 Å². The van der Waals surface area contributed by atoms with Gasteiger partial charge in [-0.05, 0) is 60.1 Å². The van der Waals surface area contributed by atoms with Gasteiger partial charge in [-0.1, -0.05) is 32.9 Å². The first kappa shape index (κ1) is 23.9. The second kappa shape index (κ2) is 9.40. The van der Waals surface area contributed by atoms with Crippen molar-refractivity contribution in [2.75, 3.05) is 36.1 Å². The van der Waals surface area contributed by atoms with Crippen LogP contribution in [0.5, 0.6) is 5.75 Å². The Balaban J connectivity index is 1.90. The molecule has 1 heterocycles. The molecule has 2 aromatic carbocycles. The van der Waals surface area contributed by atoms with E-state index in [1.54, 1.807) is 24.1 Å². The fraction of sp³-hybridized carbons (Fsp3) is 0.458. The molecule has 2 amide bonds. The normalized spacial score (nSPS) is 14.8. The Hall–Kier alpha value is -2.74. The number of hydrogen-bond acceptors (Lipinski definition) is 4. The maximum Gasteiger partial charge on any atom is 0.321 e. The Morgan fingerprint density at radius 2 is 1.81 bits per heavy atom. The molecule has 2 aromatic rings. The smallest absolute Gasteiger partial charge is 0.321 e. The van der Waals surface area contributed by atoms with Crippen LogP contribution in [0, 0.1) is 0 Å². The van der Waals surface area contributed by atoms with E-state index in [9.17, 15) is 13.2 Å². The summed E-state index contributed by atoms with van der Waals surface area (Å²) in [7, 11) is -1.61. The van der Waals surface area contributed by atoms with Crippen LogP contribution in [0.15, 0.2) is 36.4 Å². The molecule has 0 aliphatic carbocycles. The van der Waals surface area contributed by atoms with E-state index < -0.39 is 10.0 Å². The van der Waals surface area contributed by atoms with Gasteiger partial charge in [-0.15, -0.1) is 0 Å². The van der Waals surface area contributed by atoms with Gasteiger partial charge in [0, 0.05) is 30.0 Å². The van der Waals surface area contributed by atoms with Crippen molar-refractivity contribution in [2.45, 2.75) is 45.4 Å². The molecule has 0 saturated carbocycles. The molecule has 7 nitrogen and oxygen atoms in total. The van der Waals surface area contributed by atoms with Gasteiger partial charge in [-0.2, -0.15) is 0 Å². The highest BCUT2D eigenvalue weighted by atomic mass is 32.2. The van der Waals surface area contributed by atoms with Gasteiger partial charge in [0.1, 0.15) is 5.75 Å². The predicted octanol–water partition coefficient (Wildman–Crippen LogP) is 4.07. The zero-order chi connectivity index (χ0) is 23.5. The fourth-order valence-corrected chi connectivity index (χ4v) is 4.48. The number of carbonyl (C=O) groups excluding carboxylic acids is 1. The largest absolute Gasteiger partial charge is 0.496 e. The zero-order valence-corrected chi connectivity index (χ0v) is 20.3. The van der Waals surface area contributed by atoms with Crippen molar-refractivity contribution in [3.05, 3.63) is 53.1 Å². The van der Waals surface area contributed by atoms with Crippen LogP contribution in [-0.4, -0.2) is 40.9 Å². The molecule has 1 aliphatic heterocycles. The molecule has 174 valence electrons. The van der Waals surface area contributed by atoms with Crippen molar-refractivity contribution in [3.8, 4) is 5.75 Å². The van der Waals surface area contributed by atoms with Crippen molar-refractivity contribution < 1.29 is 17.9 Å². The van der Waals surface area contributed by atoms with Gasteiger partial charge in [-0.3, -0.25) is 9.62 Å². The van der Waals surface area contributed by atoms with Crippen LogP contribution in [0.1, 0.15) is 43.9 Å². The summed E-state index contributed by atoms with van der Waals surface area (Å²) in [5, 5.41) is 2.92. The second-order valence-electron chi connectivity index (χ2n) is 9.24. The van der Waals surface area contributed by atoms with E-state index in [4.69, 9.17) is 4.74 Å². The lowest BCUT2D eigenvalue weighted by atomic mass is 9.83. The van der Waals surface area contributed by atoms with E-state index >= 15 is 0 Å². The lowest BCUT2D eigenvalue weighted by Crippen LogP contribution is -2.46. The SMILES string of the molecule is COc1c(CCc2ccc(NS(C)(=O)=O)cc2)cc(N2CCCNC2=O)cc1C(C)(C)C. The van der Waals surface area contributed by atoms with Gasteiger partial charge in [0.25, 0.3) is 0 Å². The first-order chi connectivity index (χ1) is 15.0. The number of urea groups is 1. The Bertz CT molecular complexity index is 1070. The topological polar surface area (TPSA) is 87.7 Å². The third kappa shape index (κ3) is 5.94. The van der Waals surface area contributed by atoms with Gasteiger partial charge in [0.2, 0.25) is 10.0 Å². The Morgan fingerprint density at radius 1 is 1.12 bits per heavy atom. The molecule has 0 unspecified atom stereocenters. The van der Waals surface area contributed by atoms with Gasteiger partial charge >= 0.3 is 6.03 Å². The summed E-state index contributed by atoms with van der Waals surface area (Å²) >= 11 is 0. The Morgan fingerprint density at radius 3 is 2.38 bits per heavy atom. The minimum absolute atomic E-state index is 0.0683. The summed E-state index contributed by atoms with van der Waals surface area (Å²) in [6, 6.07) is 11.4. The molecule has 2 N–H and O–H groups in total. The summed E-state index contributed by atoms with van der Waals surface area (Å²) < 4.78 is 31.1. The van der Waals surface area contributed by atoms with Crippen LogP contribution in [0.4, 0.5) is 16.2 Å². The quantitative estimate of drug-likeness (QED) is 0.653. The number of sulfonamides is 1. The maximum absolute atomic E-state index is 12.5. The van der Waals surface area contributed by atoms with E-state index in [0.29, 0.717) is 18.8 Å². The lowest BCUT2D eigenvalue weighted by Gasteiger charge is -2.31. The zero-order valence-electron chi connectivity index (χ0n) is 19.5. The molecule has 1 fully saturated rings. The highest BCUT2D eigenvalue weighted by Gasteiger charge is 2.26. The fourth-order valence-electron chi connectivity index (χ4n) is 3.92. The van der Waals surface area contributed by atoms with Crippen LogP contribution in [-0.2, 0) is 28.3 Å². The molecule has 1 aliphatic rings. The Kier molecular flexibility index (Phi) is 7.03. The van der Waals surface area contributed by atoms with Crippen LogP contribution >= 0.6 is 0 Å². The van der Waals surface area contributed by atoms with Crippen molar-refractivity contribution in [3.63, 3.8) is 0 Å². The highest BCUT2D eigenvalue weighted by molar-refractivity contribution is 7.92. The number of anilines is 2. The van der Waals surface area contributed by atoms with Crippen LogP contribution < -0.4 is 19.7 Å². The lowest BCUT2D eigenvalue weighted by molar-refractivity contribution is 0.243. The first-order valence-corrected chi connectivity index (χ1v) is 12.7. The van der Waals surface area contributed by atoms with Crippen molar-refractivity contribution >= 4 is 27.4 Å². The molecule has 0 spiro atoms. The number of benzene rings is 2. The van der Waals surface area contributed by atoms with E-state index in [1.165, 1.54) is 0 Å². The number of rotatable bonds is 7. The average Bonchev–Trinajstić information content (AvgIpc) is 2.71. The number of amides is 2. The maximum atomic E-state index is 12.5. The van der Waals surface area contributed by atoms with Crippen LogP contribution in [0.3, 0.4) is 0 Å². The summed E-state index contributed by atoms with van der Waals surface area (Å²) in [5.41, 5.74) is 4.48. The van der Waals surface area contributed by atoms with Crippen molar-refractivity contribution in [2.24, 2.45) is 0 Å². The molecule has 32 heavy (non-hydrogen) atoms. The van der Waals surface area contributed by atoms with E-state index in [0.717, 1.165) is 53.6 Å². The van der Waals surface area contributed by atoms with E-state index in [-0.39, 0.29) is 11.4 Å². The monoisotopic (exact) mass is 459 g/mol.